The average molecular weight is 332 g/mol. The highest BCUT2D eigenvalue weighted by atomic mass is 19.1. The van der Waals surface area contributed by atoms with Crippen LogP contribution in [-0.2, 0) is 0 Å². The lowest BCUT2D eigenvalue weighted by molar-refractivity contribution is 0.102. The van der Waals surface area contributed by atoms with Crippen LogP contribution >= 0.6 is 0 Å². The number of carbonyl (C=O) groups is 1. The molecule has 0 radical (unpaired) electrons. The summed E-state index contributed by atoms with van der Waals surface area (Å²) >= 11 is 0. The van der Waals surface area contributed by atoms with Gasteiger partial charge >= 0.3 is 0 Å². The fraction of sp³-hybridized carbons (Fsp3) is 0. The van der Waals surface area contributed by atoms with Gasteiger partial charge in [0.2, 0.25) is 0 Å². The number of nitrogens with zero attached hydrogens (tertiary/aromatic N) is 2. The predicted molar refractivity (Wildman–Crippen MR) is 93.7 cm³/mol. The molecule has 0 bridgehead atoms. The van der Waals surface area contributed by atoms with E-state index in [1.54, 1.807) is 18.5 Å². The van der Waals surface area contributed by atoms with Gasteiger partial charge in [0.25, 0.3) is 5.91 Å². The van der Waals surface area contributed by atoms with E-state index in [0.717, 1.165) is 16.6 Å². The Morgan fingerprint density at radius 3 is 2.68 bits per heavy atom. The highest BCUT2D eigenvalue weighted by molar-refractivity contribution is 6.05. The van der Waals surface area contributed by atoms with E-state index >= 15 is 0 Å². The van der Waals surface area contributed by atoms with Gasteiger partial charge < -0.3 is 10.3 Å². The molecule has 2 aromatic heterocycles. The summed E-state index contributed by atoms with van der Waals surface area (Å²) in [5, 5.41) is 2.80. The van der Waals surface area contributed by atoms with Crippen molar-refractivity contribution < 1.29 is 9.18 Å². The second kappa shape index (κ2) is 6.16. The molecule has 0 saturated carbocycles. The first-order valence-electron chi connectivity index (χ1n) is 7.66. The third-order valence-corrected chi connectivity index (χ3v) is 3.78. The number of carbonyl (C=O) groups excluding carboxylic acids is 1. The first kappa shape index (κ1) is 15.0. The molecule has 4 rings (SSSR count). The van der Waals surface area contributed by atoms with Gasteiger partial charge in [-0.3, -0.25) is 9.78 Å². The maximum Gasteiger partial charge on any atom is 0.255 e. The van der Waals surface area contributed by atoms with Crippen molar-refractivity contribution >= 4 is 22.6 Å². The number of aromatic amines is 1. The molecule has 4 aromatic rings. The zero-order chi connectivity index (χ0) is 17.2. The largest absolute Gasteiger partial charge is 0.338 e. The van der Waals surface area contributed by atoms with Crippen LogP contribution in [0.3, 0.4) is 0 Å². The lowest BCUT2D eigenvalue weighted by Crippen LogP contribution is -2.11. The highest BCUT2D eigenvalue weighted by Gasteiger charge is 2.09. The molecule has 6 heteroatoms. The van der Waals surface area contributed by atoms with Gasteiger partial charge in [-0.25, -0.2) is 9.37 Å². The monoisotopic (exact) mass is 332 g/mol. The zero-order valence-corrected chi connectivity index (χ0v) is 13.0. The summed E-state index contributed by atoms with van der Waals surface area (Å²) < 4.78 is 12.9. The molecule has 0 unspecified atom stereocenters. The van der Waals surface area contributed by atoms with Crippen LogP contribution in [0.1, 0.15) is 10.4 Å². The minimum absolute atomic E-state index is 0.300. The normalized spacial score (nSPS) is 10.8. The number of halogens is 1. The summed E-state index contributed by atoms with van der Waals surface area (Å²) in [5.41, 5.74) is 3.50. The SMILES string of the molecule is O=C(Nc1ccc2nc(-c3cccnc3)[nH]c2c1)c1ccc(F)cc1. The Labute approximate surface area is 142 Å². The summed E-state index contributed by atoms with van der Waals surface area (Å²) in [7, 11) is 0. The number of rotatable bonds is 3. The van der Waals surface area contributed by atoms with Crippen molar-refractivity contribution in [2.45, 2.75) is 0 Å². The van der Waals surface area contributed by atoms with Gasteiger partial charge in [0.15, 0.2) is 0 Å². The van der Waals surface area contributed by atoms with E-state index in [-0.39, 0.29) is 11.7 Å². The fourth-order valence-electron chi connectivity index (χ4n) is 2.53. The topological polar surface area (TPSA) is 70.7 Å². The Morgan fingerprint density at radius 1 is 1.08 bits per heavy atom. The second-order valence-corrected chi connectivity index (χ2v) is 5.52. The van der Waals surface area contributed by atoms with Crippen molar-refractivity contribution in [2.75, 3.05) is 5.32 Å². The van der Waals surface area contributed by atoms with Crippen LogP contribution in [0.5, 0.6) is 0 Å². The molecule has 0 fully saturated rings. The molecule has 2 aromatic carbocycles. The Balaban J connectivity index is 1.61. The molecule has 2 N–H and O–H groups in total. The van der Waals surface area contributed by atoms with Crippen LogP contribution in [-0.4, -0.2) is 20.9 Å². The van der Waals surface area contributed by atoms with Crippen molar-refractivity contribution in [1.29, 1.82) is 0 Å². The molecule has 0 saturated heterocycles. The number of hydrogen-bond donors (Lipinski definition) is 2. The van der Waals surface area contributed by atoms with Crippen molar-refractivity contribution in [3.05, 3.63) is 78.4 Å². The van der Waals surface area contributed by atoms with Gasteiger partial charge in [0.05, 0.1) is 11.0 Å². The number of aromatic nitrogens is 3. The Hall–Kier alpha value is -3.54. The van der Waals surface area contributed by atoms with E-state index in [2.05, 4.69) is 20.3 Å². The van der Waals surface area contributed by atoms with Crippen molar-refractivity contribution in [3.63, 3.8) is 0 Å². The Kier molecular flexibility index (Phi) is 3.70. The first-order chi connectivity index (χ1) is 12.2. The molecule has 0 spiro atoms. The number of nitrogens with one attached hydrogen (secondary N) is 2. The molecule has 1 amide bonds. The molecule has 25 heavy (non-hydrogen) atoms. The average Bonchev–Trinajstić information content (AvgIpc) is 3.06. The van der Waals surface area contributed by atoms with E-state index in [1.165, 1.54) is 24.3 Å². The minimum atomic E-state index is -0.377. The van der Waals surface area contributed by atoms with Gasteiger partial charge in [0, 0.05) is 29.2 Å². The summed E-state index contributed by atoms with van der Waals surface area (Å²) in [6, 6.07) is 14.6. The van der Waals surface area contributed by atoms with Crippen LogP contribution in [0.25, 0.3) is 22.4 Å². The van der Waals surface area contributed by atoms with Crippen LogP contribution < -0.4 is 5.32 Å². The Morgan fingerprint density at radius 2 is 1.92 bits per heavy atom. The first-order valence-corrected chi connectivity index (χ1v) is 7.66. The van der Waals surface area contributed by atoms with Gasteiger partial charge in [-0.1, -0.05) is 0 Å². The number of fused-ring (bicyclic) bond motifs is 1. The quantitative estimate of drug-likeness (QED) is 0.595. The molecule has 122 valence electrons. The highest BCUT2D eigenvalue weighted by Crippen LogP contribution is 2.22. The smallest absolute Gasteiger partial charge is 0.255 e. The van der Waals surface area contributed by atoms with E-state index in [9.17, 15) is 9.18 Å². The lowest BCUT2D eigenvalue weighted by Gasteiger charge is -2.05. The number of H-pyrrole nitrogens is 1. The summed E-state index contributed by atoms with van der Waals surface area (Å²) in [6.07, 6.45) is 3.43. The molecule has 0 aliphatic heterocycles. The molecule has 2 heterocycles. The van der Waals surface area contributed by atoms with Crippen molar-refractivity contribution in [3.8, 4) is 11.4 Å². The minimum Gasteiger partial charge on any atom is -0.338 e. The second-order valence-electron chi connectivity index (χ2n) is 5.52. The van der Waals surface area contributed by atoms with E-state index in [0.29, 0.717) is 17.1 Å². The molecule has 5 nitrogen and oxygen atoms in total. The maximum atomic E-state index is 12.9. The molecule has 0 aliphatic carbocycles. The van der Waals surface area contributed by atoms with Gasteiger partial charge in [-0.05, 0) is 54.6 Å². The van der Waals surface area contributed by atoms with Crippen molar-refractivity contribution in [2.24, 2.45) is 0 Å². The van der Waals surface area contributed by atoms with Gasteiger partial charge in [-0.15, -0.1) is 0 Å². The standard InChI is InChI=1S/C19H13FN4O/c20-14-5-3-12(4-6-14)19(25)22-15-7-8-16-17(10-15)24-18(23-16)13-2-1-9-21-11-13/h1-11H,(H,22,25)(H,23,24). The number of hydrogen-bond acceptors (Lipinski definition) is 3. The summed E-state index contributed by atoms with van der Waals surface area (Å²) in [4.78, 5) is 24.0. The van der Waals surface area contributed by atoms with E-state index in [1.807, 2.05) is 24.3 Å². The van der Waals surface area contributed by atoms with E-state index < -0.39 is 0 Å². The van der Waals surface area contributed by atoms with Gasteiger partial charge in [-0.2, -0.15) is 0 Å². The van der Waals surface area contributed by atoms with E-state index in [4.69, 9.17) is 0 Å². The lowest BCUT2D eigenvalue weighted by atomic mass is 10.2. The maximum absolute atomic E-state index is 12.9. The summed E-state index contributed by atoms with van der Waals surface area (Å²) in [6.45, 7) is 0. The number of imidazole rings is 1. The molecular formula is C19H13FN4O. The van der Waals surface area contributed by atoms with Crippen LogP contribution in [0.2, 0.25) is 0 Å². The molecular weight excluding hydrogens is 319 g/mol. The number of benzene rings is 2. The van der Waals surface area contributed by atoms with Crippen LogP contribution in [0, 0.1) is 5.82 Å². The van der Waals surface area contributed by atoms with Gasteiger partial charge in [0.1, 0.15) is 11.6 Å². The fourth-order valence-corrected chi connectivity index (χ4v) is 2.53. The Bertz CT molecular complexity index is 1040. The zero-order valence-electron chi connectivity index (χ0n) is 13.0. The predicted octanol–water partition coefficient (Wildman–Crippen LogP) is 4.02. The number of amides is 1. The summed E-state index contributed by atoms with van der Waals surface area (Å²) in [5.74, 6) is 0.0369. The third-order valence-electron chi connectivity index (χ3n) is 3.78. The number of pyridine rings is 1. The van der Waals surface area contributed by atoms with Crippen molar-refractivity contribution in [1.82, 2.24) is 15.0 Å². The number of anilines is 1. The molecule has 0 aliphatic rings. The molecule has 0 atom stereocenters. The van der Waals surface area contributed by atoms with Crippen LogP contribution in [0.15, 0.2) is 67.0 Å². The van der Waals surface area contributed by atoms with Crippen LogP contribution in [0.4, 0.5) is 10.1 Å². The third kappa shape index (κ3) is 3.10.